The summed E-state index contributed by atoms with van der Waals surface area (Å²) in [5.41, 5.74) is 2.30. The van der Waals surface area contributed by atoms with Crippen LogP contribution in [-0.4, -0.2) is 110 Å². The molecule has 0 saturated carbocycles. The van der Waals surface area contributed by atoms with E-state index in [-0.39, 0.29) is 18.2 Å². The Bertz CT molecular complexity index is 1620. The summed E-state index contributed by atoms with van der Waals surface area (Å²) in [6.07, 6.45) is 8.53. The quantitative estimate of drug-likeness (QED) is 0.224. The van der Waals surface area contributed by atoms with Gasteiger partial charge in [-0.25, -0.2) is 19.2 Å². The van der Waals surface area contributed by atoms with Crippen LogP contribution in [0.2, 0.25) is 0 Å². The molecule has 0 aromatic heterocycles. The molecule has 12 nitrogen and oxygen atoms in total. The Morgan fingerprint density at radius 3 is 1.09 bits per heavy atom. The Labute approximate surface area is 339 Å². The van der Waals surface area contributed by atoms with Gasteiger partial charge in [-0.15, -0.1) is 0 Å². The van der Waals surface area contributed by atoms with Gasteiger partial charge in [-0.1, -0.05) is 0 Å². The fourth-order valence-corrected chi connectivity index (χ4v) is 8.76. The van der Waals surface area contributed by atoms with E-state index < -0.39 is 17.2 Å². The lowest BCUT2D eigenvalue weighted by Crippen LogP contribution is -2.44. The number of likely N-dealkylation sites (tertiary alicyclic amines) is 2. The van der Waals surface area contributed by atoms with E-state index in [0.717, 1.165) is 108 Å². The number of carbonyl (C=O) groups is 4. The van der Waals surface area contributed by atoms with E-state index >= 15 is 0 Å². The fourth-order valence-electron chi connectivity index (χ4n) is 8.76. The highest BCUT2D eigenvalue weighted by Crippen LogP contribution is 2.36. The maximum absolute atomic E-state index is 12.2. The van der Waals surface area contributed by atoms with Gasteiger partial charge < -0.3 is 38.9 Å². The third-order valence-corrected chi connectivity index (χ3v) is 11.9. The molecule has 0 aliphatic carbocycles. The zero-order valence-corrected chi connectivity index (χ0v) is 35.3. The van der Waals surface area contributed by atoms with Gasteiger partial charge in [-0.05, 0) is 165 Å². The van der Waals surface area contributed by atoms with Crippen molar-refractivity contribution in [1.82, 2.24) is 9.80 Å². The Hall–Kier alpha value is -4.48. The molecule has 2 aromatic rings. The van der Waals surface area contributed by atoms with Gasteiger partial charge in [-0.3, -0.25) is 0 Å². The van der Waals surface area contributed by atoms with Crippen molar-refractivity contribution in [3.8, 4) is 0 Å². The molecule has 0 bridgehead atoms. The second-order valence-corrected chi connectivity index (χ2v) is 18.1. The minimum atomic E-state index is -0.886. The number of piperidine rings is 4. The second-order valence-electron chi connectivity index (χ2n) is 18.1. The first-order valence-corrected chi connectivity index (χ1v) is 21.0. The molecule has 0 spiro atoms. The molecule has 4 aliphatic rings. The number of methoxy groups -OCH3 is 1. The van der Waals surface area contributed by atoms with Crippen molar-refractivity contribution in [3.63, 3.8) is 0 Å². The first-order valence-electron chi connectivity index (χ1n) is 21.0. The SMILES string of the molecule is CC(C)(C)OC(=O)N1CCC(C2CCN(c3ccc(C(=O)O)cc3)CC2)CC1.COC(=O)c1ccc(N2CCC(C3CCN(C(=O)OC(C)(C)C)CC3)CC2)cc1. The van der Waals surface area contributed by atoms with Crippen molar-refractivity contribution in [2.45, 2.75) is 104 Å². The number of hydrogen-bond donors (Lipinski definition) is 1. The number of rotatable bonds is 6. The molecule has 2 amide bonds. The predicted molar refractivity (Wildman–Crippen MR) is 222 cm³/mol. The van der Waals surface area contributed by atoms with Gasteiger partial charge in [0, 0.05) is 63.7 Å². The summed E-state index contributed by atoms with van der Waals surface area (Å²) in [5.74, 6) is 1.61. The van der Waals surface area contributed by atoms with Crippen LogP contribution in [0.4, 0.5) is 21.0 Å². The lowest BCUT2D eigenvalue weighted by molar-refractivity contribution is 0.0142. The number of hydrogen-bond acceptors (Lipinski definition) is 9. The Morgan fingerprint density at radius 2 is 0.807 bits per heavy atom. The van der Waals surface area contributed by atoms with Crippen molar-refractivity contribution < 1.29 is 38.5 Å². The van der Waals surface area contributed by atoms with Gasteiger partial charge in [0.25, 0.3) is 0 Å². The largest absolute Gasteiger partial charge is 0.478 e. The monoisotopic (exact) mass is 790 g/mol. The number of benzene rings is 2. The van der Waals surface area contributed by atoms with Crippen LogP contribution in [0.1, 0.15) is 114 Å². The van der Waals surface area contributed by atoms with Gasteiger partial charge in [0.1, 0.15) is 11.2 Å². The lowest BCUT2D eigenvalue weighted by atomic mass is 9.79. The third-order valence-electron chi connectivity index (χ3n) is 11.9. The molecule has 57 heavy (non-hydrogen) atoms. The summed E-state index contributed by atoms with van der Waals surface area (Å²) < 4.78 is 15.8. The topological polar surface area (TPSA) is 129 Å². The first kappa shape index (κ1) is 43.6. The van der Waals surface area contributed by atoms with Crippen LogP contribution in [0, 0.1) is 23.7 Å². The third kappa shape index (κ3) is 12.8. The zero-order chi connectivity index (χ0) is 41.3. The molecule has 0 radical (unpaired) electrons. The Balaban J connectivity index is 0.000000218. The number of ether oxygens (including phenoxy) is 3. The van der Waals surface area contributed by atoms with Crippen LogP contribution in [0.3, 0.4) is 0 Å². The minimum Gasteiger partial charge on any atom is -0.478 e. The van der Waals surface area contributed by atoms with E-state index in [1.165, 1.54) is 20.0 Å². The number of nitrogens with zero attached hydrogens (tertiary/aromatic N) is 4. The van der Waals surface area contributed by atoms with E-state index in [1.807, 2.05) is 87.7 Å². The van der Waals surface area contributed by atoms with Gasteiger partial charge in [0.05, 0.1) is 18.2 Å². The highest BCUT2D eigenvalue weighted by molar-refractivity contribution is 5.89. The molecule has 314 valence electrons. The molecule has 0 atom stereocenters. The number of esters is 1. The molecule has 0 unspecified atom stereocenters. The zero-order valence-electron chi connectivity index (χ0n) is 35.3. The number of aromatic carboxylic acids is 1. The fraction of sp³-hybridized carbons (Fsp3) is 0.644. The van der Waals surface area contributed by atoms with Crippen molar-refractivity contribution in [2.75, 3.05) is 69.3 Å². The normalized spacial score (nSPS) is 19.4. The van der Waals surface area contributed by atoms with Crippen molar-refractivity contribution in [3.05, 3.63) is 59.7 Å². The highest BCUT2D eigenvalue weighted by Gasteiger charge is 2.34. The van der Waals surface area contributed by atoms with Crippen LogP contribution >= 0.6 is 0 Å². The van der Waals surface area contributed by atoms with E-state index in [1.54, 1.807) is 12.1 Å². The van der Waals surface area contributed by atoms with E-state index in [2.05, 4.69) is 9.80 Å². The van der Waals surface area contributed by atoms with Crippen LogP contribution in [0.5, 0.6) is 0 Å². The van der Waals surface area contributed by atoms with Crippen LogP contribution in [0.15, 0.2) is 48.5 Å². The number of amides is 2. The Kier molecular flexibility index (Phi) is 14.8. The molecule has 4 saturated heterocycles. The average Bonchev–Trinajstić information content (AvgIpc) is 3.20. The van der Waals surface area contributed by atoms with E-state index in [0.29, 0.717) is 28.9 Å². The van der Waals surface area contributed by atoms with Gasteiger partial charge in [0.15, 0.2) is 0 Å². The molecule has 6 rings (SSSR count). The molecule has 4 fully saturated rings. The molecular formula is C45H66N4O8. The summed E-state index contributed by atoms with van der Waals surface area (Å²) in [4.78, 5) is 55.5. The lowest BCUT2D eigenvalue weighted by Gasteiger charge is -2.41. The maximum atomic E-state index is 12.2. The average molecular weight is 791 g/mol. The maximum Gasteiger partial charge on any atom is 0.410 e. The molecular weight excluding hydrogens is 725 g/mol. The van der Waals surface area contributed by atoms with E-state index in [4.69, 9.17) is 19.3 Å². The van der Waals surface area contributed by atoms with Gasteiger partial charge >= 0.3 is 24.1 Å². The number of carboxylic acid groups (broad SMARTS) is 1. The standard InChI is InChI=1S/C23H34N2O4.C22H32N2O4/c1-23(2,3)29-22(27)25-15-11-18(12-16-25)17-9-13-24(14-10-17)20-7-5-19(6-8-20)21(26)28-4;1-22(2,3)28-21(27)24-14-10-17(11-15-24)16-8-12-23(13-9-16)19-6-4-18(5-7-19)20(25)26/h5-8,17-18H,9-16H2,1-4H3;4-7,16-17H,8-15H2,1-3H3,(H,25,26). The predicted octanol–water partition coefficient (Wildman–Crippen LogP) is 8.59. The molecule has 1 N–H and O–H groups in total. The smallest absolute Gasteiger partial charge is 0.410 e. The molecule has 4 aliphatic heterocycles. The number of anilines is 2. The highest BCUT2D eigenvalue weighted by atomic mass is 16.6. The van der Waals surface area contributed by atoms with Crippen molar-refractivity contribution in [1.29, 1.82) is 0 Å². The second kappa shape index (κ2) is 19.3. The van der Waals surface area contributed by atoms with Crippen molar-refractivity contribution in [2.24, 2.45) is 23.7 Å². The van der Waals surface area contributed by atoms with Crippen LogP contribution in [-0.2, 0) is 14.2 Å². The summed E-state index contributed by atoms with van der Waals surface area (Å²) in [7, 11) is 1.40. The minimum absolute atomic E-state index is 0.179. The summed E-state index contributed by atoms with van der Waals surface area (Å²) in [6, 6.07) is 14.8. The first-order chi connectivity index (χ1) is 27.0. The van der Waals surface area contributed by atoms with E-state index in [9.17, 15) is 19.2 Å². The van der Waals surface area contributed by atoms with Gasteiger partial charge in [-0.2, -0.15) is 0 Å². The van der Waals surface area contributed by atoms with Crippen LogP contribution in [0.25, 0.3) is 0 Å². The molecule has 2 aromatic carbocycles. The number of carboxylic acids is 1. The summed E-state index contributed by atoms with van der Waals surface area (Å²) >= 11 is 0. The summed E-state index contributed by atoms with van der Waals surface area (Å²) in [5, 5.41) is 9.03. The van der Waals surface area contributed by atoms with Gasteiger partial charge in [0.2, 0.25) is 0 Å². The molecule has 12 heteroatoms. The van der Waals surface area contributed by atoms with Crippen molar-refractivity contribution >= 4 is 35.5 Å². The van der Waals surface area contributed by atoms with Crippen LogP contribution < -0.4 is 9.80 Å². The Morgan fingerprint density at radius 1 is 0.509 bits per heavy atom. The molecule has 4 heterocycles. The summed E-state index contributed by atoms with van der Waals surface area (Å²) in [6.45, 7) is 18.7. The number of carbonyl (C=O) groups excluding carboxylic acids is 3.